The zero-order valence-electron chi connectivity index (χ0n) is 14.6. The molecule has 1 aromatic rings. The first-order valence-corrected chi connectivity index (χ1v) is 9.02. The van der Waals surface area contributed by atoms with Crippen LogP contribution in [0.4, 0.5) is 5.69 Å². The van der Waals surface area contributed by atoms with Gasteiger partial charge < -0.3 is 20.1 Å². The van der Waals surface area contributed by atoms with Crippen molar-refractivity contribution in [3.05, 3.63) is 29.8 Å². The number of hydrogen-bond donors (Lipinski definition) is 2. The molecule has 2 N–H and O–H groups in total. The summed E-state index contributed by atoms with van der Waals surface area (Å²) >= 11 is 0. The zero-order valence-corrected chi connectivity index (χ0v) is 14.6. The Balaban J connectivity index is 1.46. The number of nitrogens with one attached hydrogen (secondary N) is 1. The van der Waals surface area contributed by atoms with Gasteiger partial charge in [-0.2, -0.15) is 0 Å². The van der Waals surface area contributed by atoms with Gasteiger partial charge in [0.1, 0.15) is 6.61 Å². The van der Waals surface area contributed by atoms with Gasteiger partial charge in [-0.25, -0.2) is 0 Å². The second-order valence-electron chi connectivity index (χ2n) is 6.99. The molecule has 1 saturated heterocycles. The van der Waals surface area contributed by atoms with Crippen molar-refractivity contribution in [2.24, 2.45) is 11.8 Å². The molecule has 1 aliphatic heterocycles. The van der Waals surface area contributed by atoms with E-state index in [9.17, 15) is 14.4 Å². The first-order valence-electron chi connectivity index (χ1n) is 9.02. The van der Waals surface area contributed by atoms with E-state index in [4.69, 9.17) is 9.84 Å². The number of benzene rings is 1. The predicted octanol–water partition coefficient (Wildman–Crippen LogP) is 1.99. The Kier molecular flexibility index (Phi) is 5.88. The van der Waals surface area contributed by atoms with E-state index in [0.29, 0.717) is 49.7 Å². The van der Waals surface area contributed by atoms with Crippen LogP contribution in [0, 0.1) is 11.8 Å². The fourth-order valence-corrected chi connectivity index (χ4v) is 3.01. The van der Waals surface area contributed by atoms with Crippen molar-refractivity contribution in [3.63, 3.8) is 0 Å². The maximum Gasteiger partial charge on any atom is 0.306 e. The summed E-state index contributed by atoms with van der Waals surface area (Å²) in [5, 5.41) is 11.8. The summed E-state index contributed by atoms with van der Waals surface area (Å²) in [6.07, 6.45) is 3.34. The third-order valence-electron chi connectivity index (χ3n) is 4.83. The summed E-state index contributed by atoms with van der Waals surface area (Å²) in [7, 11) is 0. The van der Waals surface area contributed by atoms with Crippen molar-refractivity contribution < 1.29 is 24.2 Å². The number of carbonyl (C=O) groups is 3. The molecule has 140 valence electrons. The van der Waals surface area contributed by atoms with Gasteiger partial charge in [0.25, 0.3) is 5.91 Å². The van der Waals surface area contributed by atoms with Gasteiger partial charge in [-0.05, 0) is 55.9 Å². The number of carboxylic acid groups (broad SMARTS) is 1. The molecule has 0 atom stereocenters. The van der Waals surface area contributed by atoms with Crippen LogP contribution in [-0.4, -0.2) is 54.1 Å². The quantitative estimate of drug-likeness (QED) is 0.775. The van der Waals surface area contributed by atoms with Gasteiger partial charge in [-0.3, -0.25) is 14.4 Å². The van der Waals surface area contributed by atoms with E-state index in [1.165, 1.54) is 12.8 Å². The molecule has 7 heteroatoms. The minimum absolute atomic E-state index is 0.0374. The molecule has 0 unspecified atom stereocenters. The summed E-state index contributed by atoms with van der Waals surface area (Å²) in [5.74, 6) is -0.856. The van der Waals surface area contributed by atoms with Crippen LogP contribution in [0.25, 0.3) is 0 Å². The second-order valence-corrected chi connectivity index (χ2v) is 6.99. The second kappa shape index (κ2) is 8.31. The van der Waals surface area contributed by atoms with Gasteiger partial charge in [-0.15, -0.1) is 0 Å². The number of carbonyl (C=O) groups excluding carboxylic acids is 2. The first kappa shape index (κ1) is 18.4. The molecule has 2 fully saturated rings. The van der Waals surface area contributed by atoms with Gasteiger partial charge in [0, 0.05) is 24.3 Å². The largest absolute Gasteiger partial charge is 0.481 e. The minimum Gasteiger partial charge on any atom is -0.481 e. The van der Waals surface area contributed by atoms with Gasteiger partial charge in [0.05, 0.1) is 12.5 Å². The monoisotopic (exact) mass is 360 g/mol. The Bertz CT molecular complexity index is 661. The molecule has 2 amide bonds. The Labute approximate surface area is 152 Å². The summed E-state index contributed by atoms with van der Waals surface area (Å²) in [4.78, 5) is 37.0. The Hall–Kier alpha value is -2.41. The molecular weight excluding hydrogens is 336 g/mol. The van der Waals surface area contributed by atoms with E-state index in [0.717, 1.165) is 0 Å². The lowest BCUT2D eigenvalue weighted by Crippen LogP contribution is -2.40. The van der Waals surface area contributed by atoms with Crippen LogP contribution in [0.15, 0.2) is 24.3 Å². The molecule has 1 aliphatic carbocycles. The molecule has 1 aromatic carbocycles. The van der Waals surface area contributed by atoms with Crippen LogP contribution >= 0.6 is 0 Å². The fourth-order valence-electron chi connectivity index (χ4n) is 3.01. The van der Waals surface area contributed by atoms with Crippen molar-refractivity contribution in [1.29, 1.82) is 0 Å². The van der Waals surface area contributed by atoms with Crippen molar-refractivity contribution in [1.82, 2.24) is 4.90 Å². The highest BCUT2D eigenvalue weighted by molar-refractivity contribution is 5.96. The lowest BCUT2D eigenvalue weighted by Gasteiger charge is -2.30. The number of hydrogen-bond acceptors (Lipinski definition) is 4. The van der Waals surface area contributed by atoms with E-state index < -0.39 is 5.97 Å². The van der Waals surface area contributed by atoms with Crippen LogP contribution in [0.5, 0.6) is 0 Å². The smallest absolute Gasteiger partial charge is 0.306 e. The van der Waals surface area contributed by atoms with E-state index >= 15 is 0 Å². The van der Waals surface area contributed by atoms with E-state index in [2.05, 4.69) is 5.32 Å². The third-order valence-corrected chi connectivity index (χ3v) is 4.83. The van der Waals surface area contributed by atoms with E-state index in [1.54, 1.807) is 29.2 Å². The Morgan fingerprint density at radius 1 is 1.08 bits per heavy atom. The SMILES string of the molecule is O=C(COCC1CC1)Nc1ccc(C(=O)N2CCC(C(=O)O)CC2)cc1. The van der Waals surface area contributed by atoms with Crippen molar-refractivity contribution in [2.75, 3.05) is 31.6 Å². The normalized spacial score (nSPS) is 17.8. The summed E-state index contributed by atoms with van der Waals surface area (Å²) in [6, 6.07) is 6.73. The lowest BCUT2D eigenvalue weighted by molar-refractivity contribution is -0.143. The predicted molar refractivity (Wildman–Crippen MR) is 94.9 cm³/mol. The first-order chi connectivity index (χ1) is 12.5. The summed E-state index contributed by atoms with van der Waals surface area (Å²) < 4.78 is 5.34. The topological polar surface area (TPSA) is 95.9 Å². The highest BCUT2D eigenvalue weighted by Gasteiger charge is 2.27. The Morgan fingerprint density at radius 3 is 2.31 bits per heavy atom. The van der Waals surface area contributed by atoms with E-state index in [1.807, 2.05) is 0 Å². The van der Waals surface area contributed by atoms with Crippen LogP contribution in [0.1, 0.15) is 36.0 Å². The summed E-state index contributed by atoms with van der Waals surface area (Å²) in [6.45, 7) is 1.58. The maximum atomic E-state index is 12.5. The number of anilines is 1. The standard InChI is InChI=1S/C19H24N2O5/c22-17(12-26-11-13-1-2-13)20-16-5-3-14(4-6-16)18(23)21-9-7-15(8-10-21)19(24)25/h3-6,13,15H,1-2,7-12H2,(H,20,22)(H,24,25). The average molecular weight is 360 g/mol. The molecule has 1 heterocycles. The molecule has 2 aliphatic rings. The van der Waals surface area contributed by atoms with Gasteiger partial charge in [0.2, 0.25) is 5.91 Å². The maximum absolute atomic E-state index is 12.5. The van der Waals surface area contributed by atoms with Gasteiger partial charge in [0.15, 0.2) is 0 Å². The Morgan fingerprint density at radius 2 is 1.73 bits per heavy atom. The van der Waals surface area contributed by atoms with Crippen LogP contribution < -0.4 is 5.32 Å². The molecule has 0 bridgehead atoms. The number of ether oxygens (including phenoxy) is 1. The van der Waals surface area contributed by atoms with E-state index in [-0.39, 0.29) is 24.3 Å². The van der Waals surface area contributed by atoms with Gasteiger partial charge in [-0.1, -0.05) is 0 Å². The van der Waals surface area contributed by atoms with Crippen molar-refractivity contribution >= 4 is 23.5 Å². The molecule has 1 saturated carbocycles. The molecule has 7 nitrogen and oxygen atoms in total. The number of likely N-dealkylation sites (tertiary alicyclic amines) is 1. The number of rotatable bonds is 7. The number of nitrogens with zero attached hydrogens (tertiary/aromatic N) is 1. The van der Waals surface area contributed by atoms with Gasteiger partial charge >= 0.3 is 5.97 Å². The number of carboxylic acids is 1. The average Bonchev–Trinajstić information content (AvgIpc) is 3.46. The van der Waals surface area contributed by atoms with Crippen molar-refractivity contribution in [2.45, 2.75) is 25.7 Å². The molecule has 26 heavy (non-hydrogen) atoms. The van der Waals surface area contributed by atoms with Crippen LogP contribution in [0.3, 0.4) is 0 Å². The fraction of sp³-hybridized carbons (Fsp3) is 0.526. The zero-order chi connectivity index (χ0) is 18.5. The minimum atomic E-state index is -0.793. The highest BCUT2D eigenvalue weighted by Crippen LogP contribution is 2.28. The summed E-state index contributed by atoms with van der Waals surface area (Å²) in [5.41, 5.74) is 1.15. The van der Waals surface area contributed by atoms with Crippen molar-refractivity contribution in [3.8, 4) is 0 Å². The lowest BCUT2D eigenvalue weighted by atomic mass is 9.96. The number of aliphatic carboxylic acids is 1. The third kappa shape index (κ3) is 5.05. The molecule has 0 aromatic heterocycles. The molecule has 0 radical (unpaired) electrons. The number of amides is 2. The molecular formula is C19H24N2O5. The van der Waals surface area contributed by atoms with Crippen LogP contribution in [-0.2, 0) is 14.3 Å². The highest BCUT2D eigenvalue weighted by atomic mass is 16.5. The molecule has 3 rings (SSSR count). The number of piperidine rings is 1. The van der Waals surface area contributed by atoms with Crippen LogP contribution in [0.2, 0.25) is 0 Å². The molecule has 0 spiro atoms.